The van der Waals surface area contributed by atoms with Crippen molar-refractivity contribution >= 4 is 28.9 Å². The van der Waals surface area contributed by atoms with Crippen LogP contribution in [0.2, 0.25) is 5.02 Å². The van der Waals surface area contributed by atoms with Gasteiger partial charge in [0, 0.05) is 18.0 Å². The van der Waals surface area contributed by atoms with E-state index in [0.717, 1.165) is 0 Å². The highest BCUT2D eigenvalue weighted by Gasteiger charge is 2.10. The number of hydrogen-bond acceptors (Lipinski definition) is 4. The lowest BCUT2D eigenvalue weighted by molar-refractivity contribution is -0.117. The van der Waals surface area contributed by atoms with Crippen molar-refractivity contribution in [2.45, 2.75) is 13.3 Å². The van der Waals surface area contributed by atoms with Gasteiger partial charge in [-0.15, -0.1) is 0 Å². The zero-order valence-electron chi connectivity index (χ0n) is 10.8. The smallest absolute Gasteiger partial charge is 0.238 e. The van der Waals surface area contributed by atoms with E-state index in [0.29, 0.717) is 35.9 Å². The minimum atomic E-state index is -0.172. The van der Waals surface area contributed by atoms with Crippen LogP contribution in [0.25, 0.3) is 0 Å². The Bertz CT molecular complexity index is 484. The fraction of sp³-hybridized carbons (Fsp3) is 0.385. The van der Waals surface area contributed by atoms with Gasteiger partial charge in [-0.2, -0.15) is 5.26 Å². The SMILES string of the molecule is CCN(CCC#N)CC(=O)Nc1cc(Cl)ccc1N. The maximum atomic E-state index is 11.9. The monoisotopic (exact) mass is 280 g/mol. The van der Waals surface area contributed by atoms with Gasteiger partial charge in [0.05, 0.1) is 24.0 Å². The molecule has 0 radical (unpaired) electrons. The summed E-state index contributed by atoms with van der Waals surface area (Å²) in [5, 5.41) is 11.8. The van der Waals surface area contributed by atoms with Crippen molar-refractivity contribution in [2.75, 3.05) is 30.7 Å². The number of anilines is 2. The van der Waals surface area contributed by atoms with E-state index in [4.69, 9.17) is 22.6 Å². The Labute approximate surface area is 117 Å². The zero-order chi connectivity index (χ0) is 14.3. The molecule has 0 saturated heterocycles. The summed E-state index contributed by atoms with van der Waals surface area (Å²) in [6.45, 7) is 3.45. The van der Waals surface area contributed by atoms with Gasteiger partial charge in [0.15, 0.2) is 0 Å². The first-order chi connectivity index (χ1) is 9.06. The molecule has 1 aromatic carbocycles. The van der Waals surface area contributed by atoms with Gasteiger partial charge in [-0.05, 0) is 24.7 Å². The summed E-state index contributed by atoms with van der Waals surface area (Å²) >= 11 is 5.85. The summed E-state index contributed by atoms with van der Waals surface area (Å²) in [7, 11) is 0. The normalized spacial score (nSPS) is 10.2. The third-order valence-electron chi connectivity index (χ3n) is 2.64. The molecule has 0 heterocycles. The molecule has 0 atom stereocenters. The Morgan fingerprint density at radius 2 is 2.32 bits per heavy atom. The Morgan fingerprint density at radius 1 is 1.58 bits per heavy atom. The second-order valence-corrected chi connectivity index (χ2v) is 4.49. The van der Waals surface area contributed by atoms with Crippen LogP contribution in [0.1, 0.15) is 13.3 Å². The van der Waals surface area contributed by atoms with E-state index in [1.54, 1.807) is 18.2 Å². The molecule has 1 rings (SSSR count). The fourth-order valence-electron chi connectivity index (χ4n) is 1.59. The third-order valence-corrected chi connectivity index (χ3v) is 2.88. The number of nitrogens with two attached hydrogens (primary N) is 1. The standard InChI is InChI=1S/C13H17ClN4O/c1-2-18(7-3-6-15)9-13(19)17-12-8-10(14)4-5-11(12)16/h4-5,8H,2-3,7,9,16H2,1H3,(H,17,19). The summed E-state index contributed by atoms with van der Waals surface area (Å²) in [6.07, 6.45) is 0.403. The Morgan fingerprint density at radius 3 is 2.95 bits per heavy atom. The van der Waals surface area contributed by atoms with Gasteiger partial charge in [-0.3, -0.25) is 9.69 Å². The number of nitriles is 1. The van der Waals surface area contributed by atoms with Gasteiger partial charge in [-0.25, -0.2) is 0 Å². The van der Waals surface area contributed by atoms with Crippen molar-refractivity contribution in [3.63, 3.8) is 0 Å². The Balaban J connectivity index is 2.59. The van der Waals surface area contributed by atoms with Crippen LogP contribution in [0.5, 0.6) is 0 Å². The number of hydrogen-bond donors (Lipinski definition) is 2. The van der Waals surface area contributed by atoms with Crippen LogP contribution in [0.3, 0.4) is 0 Å². The predicted molar refractivity (Wildman–Crippen MR) is 76.8 cm³/mol. The van der Waals surface area contributed by atoms with E-state index in [-0.39, 0.29) is 12.5 Å². The molecule has 0 bridgehead atoms. The number of rotatable bonds is 6. The molecule has 0 fully saturated rings. The Hall–Kier alpha value is -1.77. The Kier molecular flexibility index (Phi) is 6.13. The van der Waals surface area contributed by atoms with Gasteiger partial charge >= 0.3 is 0 Å². The van der Waals surface area contributed by atoms with Crippen molar-refractivity contribution in [2.24, 2.45) is 0 Å². The summed E-state index contributed by atoms with van der Waals surface area (Å²) in [5.74, 6) is -0.172. The molecule has 102 valence electrons. The number of nitrogens with zero attached hydrogens (tertiary/aromatic N) is 2. The van der Waals surface area contributed by atoms with Crippen molar-refractivity contribution in [1.82, 2.24) is 4.90 Å². The molecule has 0 aliphatic rings. The van der Waals surface area contributed by atoms with E-state index in [9.17, 15) is 4.79 Å². The molecule has 6 heteroatoms. The van der Waals surface area contributed by atoms with E-state index in [1.807, 2.05) is 11.8 Å². The van der Waals surface area contributed by atoms with Gasteiger partial charge in [-0.1, -0.05) is 18.5 Å². The molecule has 0 aromatic heterocycles. The molecule has 0 aliphatic carbocycles. The van der Waals surface area contributed by atoms with Crippen molar-refractivity contribution in [3.05, 3.63) is 23.2 Å². The highest BCUT2D eigenvalue weighted by atomic mass is 35.5. The van der Waals surface area contributed by atoms with Crippen LogP contribution < -0.4 is 11.1 Å². The average Bonchev–Trinajstić information content (AvgIpc) is 2.38. The zero-order valence-corrected chi connectivity index (χ0v) is 11.6. The first kappa shape index (κ1) is 15.3. The van der Waals surface area contributed by atoms with Crippen LogP contribution in [0.4, 0.5) is 11.4 Å². The number of halogens is 1. The molecular weight excluding hydrogens is 264 g/mol. The largest absolute Gasteiger partial charge is 0.397 e. The number of likely N-dealkylation sites (N-methyl/N-ethyl adjacent to an activating group) is 1. The lowest BCUT2D eigenvalue weighted by atomic mass is 10.2. The molecule has 0 aliphatic heterocycles. The summed E-state index contributed by atoms with van der Waals surface area (Å²) < 4.78 is 0. The minimum absolute atomic E-state index is 0.172. The van der Waals surface area contributed by atoms with E-state index in [1.165, 1.54) is 0 Å². The van der Waals surface area contributed by atoms with Gasteiger partial charge < -0.3 is 11.1 Å². The number of amides is 1. The average molecular weight is 281 g/mol. The van der Waals surface area contributed by atoms with Gasteiger partial charge in [0.1, 0.15) is 0 Å². The molecule has 0 unspecified atom stereocenters. The topological polar surface area (TPSA) is 82.2 Å². The van der Waals surface area contributed by atoms with Crippen molar-refractivity contribution in [1.29, 1.82) is 5.26 Å². The lowest BCUT2D eigenvalue weighted by Crippen LogP contribution is -2.33. The van der Waals surface area contributed by atoms with Gasteiger partial charge in [0.2, 0.25) is 5.91 Å². The first-order valence-corrected chi connectivity index (χ1v) is 6.38. The quantitative estimate of drug-likeness (QED) is 0.782. The van der Waals surface area contributed by atoms with Crippen LogP contribution in [0, 0.1) is 11.3 Å². The lowest BCUT2D eigenvalue weighted by Gasteiger charge is -2.18. The van der Waals surface area contributed by atoms with Gasteiger partial charge in [0.25, 0.3) is 0 Å². The second kappa shape index (κ2) is 7.62. The predicted octanol–water partition coefficient (Wildman–Crippen LogP) is 2.10. The van der Waals surface area contributed by atoms with Crippen molar-refractivity contribution in [3.8, 4) is 6.07 Å². The molecular formula is C13H17ClN4O. The third kappa shape index (κ3) is 5.16. The van der Waals surface area contributed by atoms with Crippen LogP contribution in [0.15, 0.2) is 18.2 Å². The molecule has 1 amide bonds. The summed E-state index contributed by atoms with van der Waals surface area (Å²) in [4.78, 5) is 13.8. The van der Waals surface area contributed by atoms with E-state index < -0.39 is 0 Å². The number of nitrogens with one attached hydrogen (secondary N) is 1. The van der Waals surface area contributed by atoms with Crippen LogP contribution in [-0.4, -0.2) is 30.4 Å². The molecule has 19 heavy (non-hydrogen) atoms. The van der Waals surface area contributed by atoms with Crippen LogP contribution in [-0.2, 0) is 4.79 Å². The number of benzene rings is 1. The maximum absolute atomic E-state index is 11.9. The van der Waals surface area contributed by atoms with E-state index in [2.05, 4.69) is 11.4 Å². The van der Waals surface area contributed by atoms with Crippen molar-refractivity contribution < 1.29 is 4.79 Å². The molecule has 0 saturated carbocycles. The fourth-order valence-corrected chi connectivity index (χ4v) is 1.76. The molecule has 1 aromatic rings. The second-order valence-electron chi connectivity index (χ2n) is 4.06. The van der Waals surface area contributed by atoms with Crippen LogP contribution >= 0.6 is 11.6 Å². The number of carbonyl (C=O) groups excluding carboxylic acids is 1. The maximum Gasteiger partial charge on any atom is 0.238 e. The summed E-state index contributed by atoms with van der Waals surface area (Å²) in [5.41, 5.74) is 6.73. The number of nitrogen functional groups attached to an aromatic ring is 1. The highest BCUT2D eigenvalue weighted by Crippen LogP contribution is 2.22. The number of carbonyl (C=O) groups is 1. The highest BCUT2D eigenvalue weighted by molar-refractivity contribution is 6.31. The van der Waals surface area contributed by atoms with E-state index >= 15 is 0 Å². The molecule has 3 N–H and O–H groups in total. The first-order valence-electron chi connectivity index (χ1n) is 6.01. The summed E-state index contributed by atoms with van der Waals surface area (Å²) in [6, 6.07) is 6.98. The molecule has 0 spiro atoms. The minimum Gasteiger partial charge on any atom is -0.397 e. The molecule has 5 nitrogen and oxygen atoms in total.